The Labute approximate surface area is 148 Å². The summed E-state index contributed by atoms with van der Waals surface area (Å²) in [4.78, 5) is 33.1. The molecule has 0 radical (unpaired) electrons. The van der Waals surface area contributed by atoms with Gasteiger partial charge in [0.25, 0.3) is 0 Å². The number of imidazole rings is 1. The number of rotatable bonds is 6. The number of ether oxygens (including phenoxy) is 1. The van der Waals surface area contributed by atoms with Crippen molar-refractivity contribution in [3.8, 4) is 5.75 Å². The van der Waals surface area contributed by atoms with Gasteiger partial charge in [0.2, 0.25) is 11.9 Å². The second kappa shape index (κ2) is 6.51. The summed E-state index contributed by atoms with van der Waals surface area (Å²) in [5.74, 6) is -0.247. The Balaban J connectivity index is 1.47. The maximum Gasteiger partial charge on any atom is 0.305 e. The zero-order valence-electron chi connectivity index (χ0n) is 13.8. The van der Waals surface area contributed by atoms with Gasteiger partial charge in [-0.25, -0.2) is 9.98 Å². The number of benzene rings is 1. The van der Waals surface area contributed by atoms with Crippen molar-refractivity contribution in [3.63, 3.8) is 0 Å². The van der Waals surface area contributed by atoms with Crippen molar-refractivity contribution in [2.24, 2.45) is 4.99 Å². The van der Waals surface area contributed by atoms with Crippen LogP contribution < -0.4 is 10.1 Å². The molecule has 0 bridgehead atoms. The minimum Gasteiger partial charge on any atom is -0.492 e. The maximum atomic E-state index is 12.0. The molecule has 134 valence electrons. The van der Waals surface area contributed by atoms with Gasteiger partial charge in [-0.2, -0.15) is 0 Å². The first-order chi connectivity index (χ1) is 12.6. The van der Waals surface area contributed by atoms with Gasteiger partial charge in [-0.1, -0.05) is 0 Å². The summed E-state index contributed by atoms with van der Waals surface area (Å²) in [5, 5.41) is 11.7. The third-order valence-electron chi connectivity index (χ3n) is 4.35. The van der Waals surface area contributed by atoms with Gasteiger partial charge >= 0.3 is 5.97 Å². The van der Waals surface area contributed by atoms with Crippen LogP contribution in [0.15, 0.2) is 41.9 Å². The lowest BCUT2D eigenvalue weighted by atomic mass is 10.1. The summed E-state index contributed by atoms with van der Waals surface area (Å²) >= 11 is 0. The number of nitrogens with zero attached hydrogens (tertiary/aromatic N) is 4. The van der Waals surface area contributed by atoms with E-state index in [1.54, 1.807) is 17.4 Å². The topological polar surface area (TPSA) is 109 Å². The van der Waals surface area contributed by atoms with E-state index in [1.165, 1.54) is 0 Å². The SMILES string of the molecule is O=C(O)CC1C(=O)NC2=Nc3ccc(OCCn4ccnc4)cc3CN21. The number of amides is 1. The van der Waals surface area contributed by atoms with Crippen LogP contribution >= 0.6 is 0 Å². The lowest BCUT2D eigenvalue weighted by molar-refractivity contribution is -0.140. The molecule has 9 nitrogen and oxygen atoms in total. The number of hydrogen-bond donors (Lipinski definition) is 2. The number of carbonyl (C=O) groups is 2. The van der Waals surface area contributed by atoms with Gasteiger partial charge in [0, 0.05) is 24.5 Å². The van der Waals surface area contributed by atoms with Gasteiger partial charge in [-0.15, -0.1) is 0 Å². The highest BCUT2D eigenvalue weighted by Gasteiger charge is 2.40. The van der Waals surface area contributed by atoms with Crippen LogP contribution in [0.2, 0.25) is 0 Å². The molecule has 1 amide bonds. The van der Waals surface area contributed by atoms with Gasteiger partial charge in [0.15, 0.2) is 0 Å². The highest BCUT2D eigenvalue weighted by Crippen LogP contribution is 2.32. The molecule has 1 aromatic carbocycles. The molecule has 0 spiro atoms. The lowest BCUT2D eigenvalue weighted by Gasteiger charge is -2.27. The Morgan fingerprint density at radius 1 is 1.42 bits per heavy atom. The molecule has 26 heavy (non-hydrogen) atoms. The second-order valence-electron chi connectivity index (χ2n) is 6.11. The van der Waals surface area contributed by atoms with E-state index in [9.17, 15) is 9.59 Å². The Morgan fingerprint density at radius 3 is 3.08 bits per heavy atom. The molecule has 0 saturated carbocycles. The van der Waals surface area contributed by atoms with Gasteiger partial charge in [-0.3, -0.25) is 14.9 Å². The first-order valence-corrected chi connectivity index (χ1v) is 8.19. The molecule has 2 aliphatic rings. The number of guanidine groups is 1. The molecule has 2 aliphatic heterocycles. The third kappa shape index (κ3) is 3.10. The van der Waals surface area contributed by atoms with E-state index in [-0.39, 0.29) is 12.3 Å². The molecule has 1 saturated heterocycles. The number of carboxylic acids is 1. The van der Waals surface area contributed by atoms with E-state index in [0.717, 1.165) is 11.3 Å². The first-order valence-electron chi connectivity index (χ1n) is 8.19. The van der Waals surface area contributed by atoms with Crippen molar-refractivity contribution < 1.29 is 19.4 Å². The molecule has 2 aromatic rings. The summed E-state index contributed by atoms with van der Waals surface area (Å²) in [5.41, 5.74) is 1.63. The average Bonchev–Trinajstić information content (AvgIpc) is 3.21. The maximum absolute atomic E-state index is 12.0. The van der Waals surface area contributed by atoms with E-state index < -0.39 is 12.0 Å². The van der Waals surface area contributed by atoms with Crippen LogP contribution in [0, 0.1) is 0 Å². The molecular weight excluding hydrogens is 338 g/mol. The standard InChI is InChI=1S/C17H17N5O4/c23-15(24)8-14-16(25)20-17-19-13-2-1-12(7-11(13)9-22(14)17)26-6-5-21-4-3-18-10-21/h1-4,7,10,14H,5-6,8-9H2,(H,23,24)(H,19,20,25). The average molecular weight is 355 g/mol. The van der Waals surface area contributed by atoms with E-state index in [1.807, 2.05) is 29.0 Å². The Kier molecular flexibility index (Phi) is 4.04. The summed E-state index contributed by atoms with van der Waals surface area (Å²) in [7, 11) is 0. The molecule has 1 atom stereocenters. The van der Waals surface area contributed by atoms with Gasteiger partial charge in [0.1, 0.15) is 18.4 Å². The van der Waals surface area contributed by atoms with Crippen LogP contribution in [0.3, 0.4) is 0 Å². The van der Waals surface area contributed by atoms with Crippen LogP contribution in [0.5, 0.6) is 5.75 Å². The Morgan fingerprint density at radius 2 is 2.31 bits per heavy atom. The predicted molar refractivity (Wildman–Crippen MR) is 91.0 cm³/mol. The zero-order valence-corrected chi connectivity index (χ0v) is 13.8. The van der Waals surface area contributed by atoms with Crippen LogP contribution in [0.25, 0.3) is 0 Å². The van der Waals surface area contributed by atoms with Gasteiger partial charge in [-0.05, 0) is 18.2 Å². The number of fused-ring (bicyclic) bond motifs is 2. The molecule has 1 fully saturated rings. The van der Waals surface area contributed by atoms with Crippen molar-refractivity contribution in [1.29, 1.82) is 0 Å². The number of aliphatic carboxylic acids is 1. The molecule has 1 aromatic heterocycles. The molecule has 9 heteroatoms. The van der Waals surface area contributed by atoms with Gasteiger partial charge in [0.05, 0.1) is 25.0 Å². The number of carboxylic acid groups (broad SMARTS) is 1. The predicted octanol–water partition coefficient (Wildman–Crippen LogP) is 0.738. The second-order valence-corrected chi connectivity index (χ2v) is 6.11. The minimum absolute atomic E-state index is 0.263. The summed E-state index contributed by atoms with van der Waals surface area (Å²) in [6, 6.07) is 4.80. The van der Waals surface area contributed by atoms with Crippen LogP contribution in [-0.4, -0.2) is 50.0 Å². The monoisotopic (exact) mass is 355 g/mol. The van der Waals surface area contributed by atoms with Crippen molar-refractivity contribution in [2.45, 2.75) is 25.6 Å². The van der Waals surface area contributed by atoms with Crippen LogP contribution in [-0.2, 0) is 22.7 Å². The summed E-state index contributed by atoms with van der Waals surface area (Å²) in [6.45, 7) is 1.59. The normalized spacial score (nSPS) is 18.0. The van der Waals surface area contributed by atoms with Crippen molar-refractivity contribution in [3.05, 3.63) is 42.5 Å². The largest absolute Gasteiger partial charge is 0.492 e. The van der Waals surface area contributed by atoms with Crippen molar-refractivity contribution in [1.82, 2.24) is 19.8 Å². The lowest BCUT2D eigenvalue weighted by Crippen LogP contribution is -2.38. The number of aromatic nitrogens is 2. The zero-order chi connectivity index (χ0) is 18.1. The molecule has 1 unspecified atom stereocenters. The van der Waals surface area contributed by atoms with Crippen LogP contribution in [0.4, 0.5) is 5.69 Å². The fourth-order valence-electron chi connectivity index (χ4n) is 3.07. The van der Waals surface area contributed by atoms with Crippen LogP contribution in [0.1, 0.15) is 12.0 Å². The molecular formula is C17H17N5O4. The third-order valence-corrected chi connectivity index (χ3v) is 4.35. The fraction of sp³-hybridized carbons (Fsp3) is 0.294. The quantitative estimate of drug-likeness (QED) is 0.791. The number of aliphatic imine (C=N–C) groups is 1. The highest BCUT2D eigenvalue weighted by molar-refractivity contribution is 6.08. The van der Waals surface area contributed by atoms with E-state index in [0.29, 0.717) is 31.4 Å². The fourth-order valence-corrected chi connectivity index (χ4v) is 3.07. The van der Waals surface area contributed by atoms with Crippen molar-refractivity contribution in [2.75, 3.05) is 6.61 Å². The number of nitrogens with one attached hydrogen (secondary N) is 1. The van der Waals surface area contributed by atoms with E-state index in [4.69, 9.17) is 9.84 Å². The van der Waals surface area contributed by atoms with Crippen molar-refractivity contribution >= 4 is 23.5 Å². The summed E-state index contributed by atoms with van der Waals surface area (Å²) < 4.78 is 7.70. The van der Waals surface area contributed by atoms with E-state index in [2.05, 4.69) is 15.3 Å². The molecule has 2 N–H and O–H groups in total. The number of hydrogen-bond acceptors (Lipinski definition) is 6. The molecule has 4 rings (SSSR count). The van der Waals surface area contributed by atoms with Gasteiger partial charge < -0.3 is 19.3 Å². The Bertz CT molecular complexity index is 877. The molecule has 0 aliphatic carbocycles. The summed E-state index contributed by atoms with van der Waals surface area (Å²) in [6.07, 6.45) is 5.05. The number of carbonyl (C=O) groups excluding carboxylic acids is 1. The first kappa shape index (κ1) is 16.1. The minimum atomic E-state index is -1.02. The highest BCUT2D eigenvalue weighted by atomic mass is 16.5. The molecule has 3 heterocycles. The smallest absolute Gasteiger partial charge is 0.305 e. The van der Waals surface area contributed by atoms with E-state index >= 15 is 0 Å². The Hall–Kier alpha value is -3.36.